The summed E-state index contributed by atoms with van der Waals surface area (Å²) in [6, 6.07) is 5.74. The minimum Gasteiger partial charge on any atom is -0.337 e. The number of nitrogens with zero attached hydrogens (tertiary/aromatic N) is 1. The molecular weight excluding hydrogens is 271 g/mol. The molecule has 0 aromatic heterocycles. The SMILES string of the molecule is Cc1ccc(Cl)cc1C(=O)N(C)C1CCNC1.Cl. The lowest BCUT2D eigenvalue weighted by Gasteiger charge is -2.24. The van der Waals surface area contributed by atoms with Gasteiger partial charge in [0.25, 0.3) is 5.91 Å². The van der Waals surface area contributed by atoms with Gasteiger partial charge in [-0.25, -0.2) is 0 Å². The van der Waals surface area contributed by atoms with Crippen LogP contribution in [0, 0.1) is 6.92 Å². The van der Waals surface area contributed by atoms with Gasteiger partial charge in [0.2, 0.25) is 0 Å². The van der Waals surface area contributed by atoms with Crippen molar-refractivity contribution in [1.29, 1.82) is 0 Å². The quantitative estimate of drug-likeness (QED) is 0.907. The third-order valence-corrected chi connectivity index (χ3v) is 3.57. The average Bonchev–Trinajstić information content (AvgIpc) is 2.84. The first-order valence-electron chi connectivity index (χ1n) is 5.83. The van der Waals surface area contributed by atoms with Gasteiger partial charge >= 0.3 is 0 Å². The normalized spacial score (nSPS) is 18.3. The van der Waals surface area contributed by atoms with E-state index in [1.165, 1.54) is 0 Å². The van der Waals surface area contributed by atoms with E-state index in [-0.39, 0.29) is 18.3 Å². The molecule has 2 rings (SSSR count). The van der Waals surface area contributed by atoms with E-state index in [1.54, 1.807) is 6.07 Å². The van der Waals surface area contributed by atoms with Gasteiger partial charge in [0, 0.05) is 30.2 Å². The van der Waals surface area contributed by atoms with Crippen LogP contribution in [0.15, 0.2) is 18.2 Å². The maximum atomic E-state index is 12.3. The van der Waals surface area contributed by atoms with Crippen LogP contribution in [-0.4, -0.2) is 37.0 Å². The number of nitrogens with one attached hydrogen (secondary N) is 1. The molecule has 1 saturated heterocycles. The van der Waals surface area contributed by atoms with Crippen LogP contribution in [0.1, 0.15) is 22.3 Å². The Hall–Kier alpha value is -0.770. The minimum absolute atomic E-state index is 0. The highest BCUT2D eigenvalue weighted by Gasteiger charge is 2.24. The molecule has 0 bridgehead atoms. The number of aryl methyl sites for hydroxylation is 1. The maximum absolute atomic E-state index is 12.3. The van der Waals surface area contributed by atoms with Gasteiger partial charge in [-0.3, -0.25) is 4.79 Å². The van der Waals surface area contributed by atoms with Gasteiger partial charge in [0.1, 0.15) is 0 Å². The van der Waals surface area contributed by atoms with Crippen molar-refractivity contribution < 1.29 is 4.79 Å². The van der Waals surface area contributed by atoms with E-state index in [4.69, 9.17) is 11.6 Å². The second-order valence-electron chi connectivity index (χ2n) is 4.52. The first-order valence-corrected chi connectivity index (χ1v) is 6.21. The van der Waals surface area contributed by atoms with Crippen molar-refractivity contribution >= 4 is 29.9 Å². The van der Waals surface area contributed by atoms with E-state index in [9.17, 15) is 4.79 Å². The predicted molar refractivity (Wildman–Crippen MR) is 76.8 cm³/mol. The molecular formula is C13H18Cl2N2O. The second-order valence-corrected chi connectivity index (χ2v) is 4.96. The summed E-state index contributed by atoms with van der Waals surface area (Å²) in [5.41, 5.74) is 1.67. The van der Waals surface area contributed by atoms with Crippen LogP contribution >= 0.6 is 24.0 Å². The summed E-state index contributed by atoms with van der Waals surface area (Å²) in [5, 5.41) is 3.87. The Labute approximate surface area is 119 Å². The highest BCUT2D eigenvalue weighted by Crippen LogP contribution is 2.18. The van der Waals surface area contributed by atoms with Gasteiger partial charge in [-0.2, -0.15) is 0 Å². The van der Waals surface area contributed by atoms with Crippen LogP contribution < -0.4 is 5.32 Å². The van der Waals surface area contributed by atoms with Crippen molar-refractivity contribution in [3.63, 3.8) is 0 Å². The van der Waals surface area contributed by atoms with Crippen LogP contribution in [0.5, 0.6) is 0 Å². The maximum Gasteiger partial charge on any atom is 0.254 e. The number of carbonyl (C=O) groups excluding carboxylic acids is 1. The van der Waals surface area contributed by atoms with Crippen LogP contribution in [0.3, 0.4) is 0 Å². The Kier molecular flexibility index (Phi) is 5.45. The topological polar surface area (TPSA) is 32.3 Å². The van der Waals surface area contributed by atoms with Crippen molar-refractivity contribution in [2.45, 2.75) is 19.4 Å². The second kappa shape index (κ2) is 6.41. The molecule has 0 radical (unpaired) electrons. The molecule has 3 nitrogen and oxygen atoms in total. The van der Waals surface area contributed by atoms with Crippen LogP contribution in [0.25, 0.3) is 0 Å². The van der Waals surface area contributed by atoms with Crippen molar-refractivity contribution in [3.05, 3.63) is 34.3 Å². The molecule has 1 unspecified atom stereocenters. The highest BCUT2D eigenvalue weighted by molar-refractivity contribution is 6.31. The van der Waals surface area contributed by atoms with Crippen molar-refractivity contribution in [3.8, 4) is 0 Å². The lowest BCUT2D eigenvalue weighted by Crippen LogP contribution is -2.38. The molecule has 100 valence electrons. The Morgan fingerprint density at radius 1 is 1.50 bits per heavy atom. The molecule has 1 heterocycles. The van der Waals surface area contributed by atoms with E-state index >= 15 is 0 Å². The first-order chi connectivity index (χ1) is 8.09. The molecule has 18 heavy (non-hydrogen) atoms. The number of hydrogen-bond donors (Lipinski definition) is 1. The van der Waals surface area contributed by atoms with E-state index in [0.29, 0.717) is 16.6 Å². The van der Waals surface area contributed by atoms with Crippen LogP contribution in [0.2, 0.25) is 5.02 Å². The zero-order valence-corrected chi connectivity index (χ0v) is 12.1. The van der Waals surface area contributed by atoms with E-state index in [2.05, 4.69) is 5.32 Å². The van der Waals surface area contributed by atoms with Crippen molar-refractivity contribution in [1.82, 2.24) is 10.2 Å². The fourth-order valence-electron chi connectivity index (χ4n) is 2.15. The van der Waals surface area contributed by atoms with E-state index < -0.39 is 0 Å². The molecule has 1 aliphatic heterocycles. The van der Waals surface area contributed by atoms with Crippen molar-refractivity contribution in [2.75, 3.05) is 20.1 Å². The number of rotatable bonds is 2. The zero-order valence-electron chi connectivity index (χ0n) is 10.6. The molecule has 1 N–H and O–H groups in total. The number of amides is 1. The van der Waals surface area contributed by atoms with Gasteiger partial charge in [-0.1, -0.05) is 17.7 Å². The Bertz CT molecular complexity index is 431. The van der Waals surface area contributed by atoms with E-state index in [1.807, 2.05) is 31.0 Å². The third-order valence-electron chi connectivity index (χ3n) is 3.33. The Balaban J connectivity index is 0.00000162. The number of hydrogen-bond acceptors (Lipinski definition) is 2. The minimum atomic E-state index is 0. The molecule has 0 aliphatic carbocycles. The standard InChI is InChI=1S/C13H17ClN2O.ClH/c1-9-3-4-10(14)7-12(9)13(17)16(2)11-5-6-15-8-11;/h3-4,7,11,15H,5-6,8H2,1-2H3;1H. The summed E-state index contributed by atoms with van der Waals surface area (Å²) in [5.74, 6) is 0.0544. The number of benzene rings is 1. The van der Waals surface area contributed by atoms with Crippen LogP contribution in [0.4, 0.5) is 0 Å². The van der Waals surface area contributed by atoms with Gasteiger partial charge in [-0.15, -0.1) is 12.4 Å². The van der Waals surface area contributed by atoms with Gasteiger partial charge in [-0.05, 0) is 37.6 Å². The fourth-order valence-corrected chi connectivity index (χ4v) is 2.32. The molecule has 1 aromatic rings. The monoisotopic (exact) mass is 288 g/mol. The molecule has 5 heteroatoms. The zero-order chi connectivity index (χ0) is 12.4. The van der Waals surface area contributed by atoms with E-state index in [0.717, 1.165) is 25.1 Å². The summed E-state index contributed by atoms with van der Waals surface area (Å²) in [4.78, 5) is 14.2. The van der Waals surface area contributed by atoms with Crippen LogP contribution in [-0.2, 0) is 0 Å². The Morgan fingerprint density at radius 2 is 2.22 bits per heavy atom. The number of halogens is 2. The molecule has 1 aliphatic rings. The average molecular weight is 289 g/mol. The van der Waals surface area contributed by atoms with Crippen molar-refractivity contribution in [2.24, 2.45) is 0 Å². The summed E-state index contributed by atoms with van der Waals surface area (Å²) in [6.45, 7) is 3.79. The largest absolute Gasteiger partial charge is 0.337 e. The summed E-state index contributed by atoms with van der Waals surface area (Å²) < 4.78 is 0. The molecule has 0 spiro atoms. The molecule has 1 aromatic carbocycles. The Morgan fingerprint density at radius 3 is 2.83 bits per heavy atom. The summed E-state index contributed by atoms with van der Waals surface area (Å²) >= 11 is 5.94. The summed E-state index contributed by atoms with van der Waals surface area (Å²) in [6.07, 6.45) is 1.02. The number of carbonyl (C=O) groups is 1. The van der Waals surface area contributed by atoms with Gasteiger partial charge < -0.3 is 10.2 Å². The lowest BCUT2D eigenvalue weighted by molar-refractivity contribution is 0.0743. The molecule has 0 saturated carbocycles. The van der Waals surface area contributed by atoms with Gasteiger partial charge in [0.15, 0.2) is 0 Å². The smallest absolute Gasteiger partial charge is 0.254 e. The first kappa shape index (κ1) is 15.3. The molecule has 1 fully saturated rings. The lowest BCUT2D eigenvalue weighted by atomic mass is 10.1. The molecule has 1 atom stereocenters. The summed E-state index contributed by atoms with van der Waals surface area (Å²) in [7, 11) is 1.86. The molecule has 1 amide bonds. The fraction of sp³-hybridized carbons (Fsp3) is 0.462. The van der Waals surface area contributed by atoms with Gasteiger partial charge in [0.05, 0.1) is 0 Å². The third kappa shape index (κ3) is 3.16. The predicted octanol–water partition coefficient (Wildman–Crippen LogP) is 2.50. The highest BCUT2D eigenvalue weighted by atomic mass is 35.5. The number of likely N-dealkylation sites (N-methyl/N-ethyl adjacent to an activating group) is 1.